The van der Waals surface area contributed by atoms with Crippen molar-refractivity contribution in [2.75, 3.05) is 0 Å². The molecule has 0 amide bonds. The number of rotatable bonds is 6. The van der Waals surface area contributed by atoms with Crippen LogP contribution < -0.4 is 11.1 Å². The molecule has 2 rings (SSSR count). The molecule has 0 spiro atoms. The molecular formula is C18H30N2. The van der Waals surface area contributed by atoms with Crippen LogP contribution in [0.2, 0.25) is 0 Å². The number of hydrogen-bond donors (Lipinski definition) is 2. The van der Waals surface area contributed by atoms with E-state index in [-0.39, 0.29) is 6.04 Å². The Kier molecular flexibility index (Phi) is 5.62. The van der Waals surface area contributed by atoms with E-state index in [1.807, 2.05) is 0 Å². The lowest BCUT2D eigenvalue weighted by atomic mass is 9.77. The van der Waals surface area contributed by atoms with Crippen molar-refractivity contribution in [3.8, 4) is 0 Å². The highest BCUT2D eigenvalue weighted by atomic mass is 15.0. The summed E-state index contributed by atoms with van der Waals surface area (Å²) >= 11 is 0. The fourth-order valence-electron chi connectivity index (χ4n) is 3.36. The van der Waals surface area contributed by atoms with Crippen LogP contribution in [0, 0.1) is 11.8 Å². The van der Waals surface area contributed by atoms with Crippen molar-refractivity contribution >= 4 is 0 Å². The van der Waals surface area contributed by atoms with Crippen LogP contribution in [0.5, 0.6) is 0 Å². The Labute approximate surface area is 124 Å². The largest absolute Gasteiger partial charge is 0.324 e. The smallest absolute Gasteiger partial charge is 0.0311 e. The monoisotopic (exact) mass is 274 g/mol. The Morgan fingerprint density at radius 2 is 2.20 bits per heavy atom. The van der Waals surface area contributed by atoms with Gasteiger partial charge in [-0.25, -0.2) is 0 Å². The van der Waals surface area contributed by atoms with Gasteiger partial charge in [0.25, 0.3) is 0 Å². The van der Waals surface area contributed by atoms with E-state index in [0.29, 0.717) is 18.0 Å². The quantitative estimate of drug-likeness (QED) is 0.777. The molecule has 2 aliphatic carbocycles. The maximum atomic E-state index is 6.31. The van der Waals surface area contributed by atoms with Crippen molar-refractivity contribution < 1.29 is 0 Å². The third-order valence-corrected chi connectivity index (χ3v) is 4.90. The van der Waals surface area contributed by atoms with E-state index in [2.05, 4.69) is 56.5 Å². The van der Waals surface area contributed by atoms with E-state index in [0.717, 1.165) is 12.3 Å². The van der Waals surface area contributed by atoms with Crippen molar-refractivity contribution in [2.24, 2.45) is 17.6 Å². The summed E-state index contributed by atoms with van der Waals surface area (Å²) in [5, 5.41) is 3.85. The number of hydrogen-bond acceptors (Lipinski definition) is 2. The number of allylic oxidation sites excluding steroid dienone is 3. The molecule has 0 saturated heterocycles. The van der Waals surface area contributed by atoms with Crippen LogP contribution in [-0.4, -0.2) is 18.1 Å². The fourth-order valence-corrected chi connectivity index (χ4v) is 3.36. The number of nitrogens with one attached hydrogen (secondary N) is 1. The fraction of sp³-hybridized carbons (Fsp3) is 0.667. The molecule has 0 aromatic carbocycles. The zero-order valence-electron chi connectivity index (χ0n) is 13.2. The van der Waals surface area contributed by atoms with Crippen molar-refractivity contribution in [1.29, 1.82) is 0 Å². The molecule has 5 atom stereocenters. The standard InChI is InChI=1S/C18H30N2/c1-4-5-8-13(2)14(3)20-17-12-7-10-15-9-6-11-16(19)18(15)17/h6-7,9-11,13-14,16-18,20H,4-5,8,12,19H2,1-3H3. The average molecular weight is 274 g/mol. The number of fused-ring (bicyclic) bond motifs is 1. The first-order chi connectivity index (χ1) is 9.63. The summed E-state index contributed by atoms with van der Waals surface area (Å²) in [6.07, 6.45) is 16.0. The lowest BCUT2D eigenvalue weighted by Crippen LogP contribution is -2.51. The third-order valence-electron chi connectivity index (χ3n) is 4.90. The molecule has 0 saturated carbocycles. The van der Waals surface area contributed by atoms with E-state index in [1.54, 1.807) is 0 Å². The van der Waals surface area contributed by atoms with Gasteiger partial charge in [-0.3, -0.25) is 0 Å². The molecule has 0 aromatic heterocycles. The molecule has 2 heteroatoms. The lowest BCUT2D eigenvalue weighted by Gasteiger charge is -2.38. The van der Waals surface area contributed by atoms with Gasteiger partial charge in [0.05, 0.1) is 0 Å². The van der Waals surface area contributed by atoms with Crippen LogP contribution in [0.15, 0.2) is 36.0 Å². The van der Waals surface area contributed by atoms with Gasteiger partial charge < -0.3 is 11.1 Å². The molecule has 0 heterocycles. The second-order valence-electron chi connectivity index (χ2n) is 6.47. The summed E-state index contributed by atoms with van der Waals surface area (Å²) in [5.41, 5.74) is 7.70. The summed E-state index contributed by atoms with van der Waals surface area (Å²) in [7, 11) is 0. The van der Waals surface area contributed by atoms with Gasteiger partial charge >= 0.3 is 0 Å². The summed E-state index contributed by atoms with van der Waals surface area (Å²) in [4.78, 5) is 0. The molecule has 3 N–H and O–H groups in total. The molecule has 5 unspecified atom stereocenters. The highest BCUT2D eigenvalue weighted by Gasteiger charge is 2.32. The molecule has 2 nitrogen and oxygen atoms in total. The Morgan fingerprint density at radius 1 is 1.40 bits per heavy atom. The Balaban J connectivity index is 1.97. The van der Waals surface area contributed by atoms with Crippen molar-refractivity contribution in [3.05, 3.63) is 36.0 Å². The summed E-state index contributed by atoms with van der Waals surface area (Å²) in [5.74, 6) is 1.16. The number of nitrogens with two attached hydrogens (primary N) is 1. The van der Waals surface area contributed by atoms with Gasteiger partial charge in [-0.15, -0.1) is 0 Å². The van der Waals surface area contributed by atoms with Crippen LogP contribution in [0.1, 0.15) is 46.5 Å². The normalized spacial score (nSPS) is 31.6. The van der Waals surface area contributed by atoms with Crippen LogP contribution in [0.3, 0.4) is 0 Å². The van der Waals surface area contributed by atoms with Crippen LogP contribution in [0.4, 0.5) is 0 Å². The average Bonchev–Trinajstić information content (AvgIpc) is 2.45. The maximum Gasteiger partial charge on any atom is 0.0311 e. The molecule has 112 valence electrons. The zero-order valence-corrected chi connectivity index (χ0v) is 13.2. The van der Waals surface area contributed by atoms with Crippen LogP contribution in [0.25, 0.3) is 0 Å². The summed E-state index contributed by atoms with van der Waals surface area (Å²) < 4.78 is 0. The second-order valence-corrected chi connectivity index (χ2v) is 6.47. The first-order valence-corrected chi connectivity index (χ1v) is 8.20. The van der Waals surface area contributed by atoms with E-state index in [1.165, 1.54) is 24.8 Å². The molecule has 0 radical (unpaired) electrons. The first kappa shape index (κ1) is 15.5. The van der Waals surface area contributed by atoms with Crippen molar-refractivity contribution in [3.63, 3.8) is 0 Å². The minimum atomic E-state index is 0.149. The SMILES string of the molecule is CCCCC(C)C(C)NC1CC=CC2=CC=CC(N)C21. The topological polar surface area (TPSA) is 38.0 Å². The molecule has 0 fully saturated rings. The maximum absolute atomic E-state index is 6.31. The predicted molar refractivity (Wildman–Crippen MR) is 87.5 cm³/mol. The van der Waals surface area contributed by atoms with E-state index >= 15 is 0 Å². The van der Waals surface area contributed by atoms with Gasteiger partial charge in [0.2, 0.25) is 0 Å². The Hall–Kier alpha value is -0.860. The van der Waals surface area contributed by atoms with Gasteiger partial charge in [-0.05, 0) is 31.3 Å². The Morgan fingerprint density at radius 3 is 2.95 bits per heavy atom. The van der Waals surface area contributed by atoms with Crippen molar-refractivity contribution in [1.82, 2.24) is 5.32 Å². The molecule has 0 bridgehead atoms. The van der Waals surface area contributed by atoms with Crippen LogP contribution in [-0.2, 0) is 0 Å². The highest BCUT2D eigenvalue weighted by molar-refractivity contribution is 5.37. The van der Waals surface area contributed by atoms with E-state index in [4.69, 9.17) is 5.73 Å². The molecule has 0 aromatic rings. The summed E-state index contributed by atoms with van der Waals surface area (Å²) in [6.45, 7) is 6.96. The molecule has 0 aliphatic heterocycles. The van der Waals surface area contributed by atoms with Gasteiger partial charge in [-0.2, -0.15) is 0 Å². The Bertz CT molecular complexity index is 394. The highest BCUT2D eigenvalue weighted by Crippen LogP contribution is 2.30. The lowest BCUT2D eigenvalue weighted by molar-refractivity contribution is 0.282. The number of unbranched alkanes of at least 4 members (excludes halogenated alkanes) is 1. The van der Waals surface area contributed by atoms with Gasteiger partial charge in [0.15, 0.2) is 0 Å². The van der Waals surface area contributed by atoms with Gasteiger partial charge in [0, 0.05) is 24.0 Å². The third kappa shape index (κ3) is 3.62. The molecule has 2 aliphatic rings. The van der Waals surface area contributed by atoms with Gasteiger partial charge in [0.1, 0.15) is 0 Å². The molecule has 20 heavy (non-hydrogen) atoms. The first-order valence-electron chi connectivity index (χ1n) is 8.20. The predicted octanol–water partition coefficient (Wildman–Crippen LogP) is 3.56. The van der Waals surface area contributed by atoms with Gasteiger partial charge in [-0.1, -0.05) is 57.1 Å². The summed E-state index contributed by atoms with van der Waals surface area (Å²) in [6, 6.07) is 1.18. The van der Waals surface area contributed by atoms with Crippen molar-refractivity contribution in [2.45, 2.75) is 64.6 Å². The second kappa shape index (κ2) is 7.24. The molecular weight excluding hydrogens is 244 g/mol. The minimum Gasteiger partial charge on any atom is -0.324 e. The van der Waals surface area contributed by atoms with E-state index in [9.17, 15) is 0 Å². The zero-order chi connectivity index (χ0) is 14.5. The van der Waals surface area contributed by atoms with Crippen LogP contribution >= 0.6 is 0 Å². The minimum absolute atomic E-state index is 0.149. The van der Waals surface area contributed by atoms with E-state index < -0.39 is 0 Å².